The molecule has 0 fully saturated rings. The van der Waals surface area contributed by atoms with E-state index < -0.39 is 28.0 Å². The lowest BCUT2D eigenvalue weighted by atomic mass is 10.2. The van der Waals surface area contributed by atoms with Crippen LogP contribution in [0.3, 0.4) is 0 Å². The molecule has 0 aliphatic carbocycles. The van der Waals surface area contributed by atoms with Gasteiger partial charge in [0.15, 0.2) is 11.6 Å². The second kappa shape index (κ2) is 5.49. The number of benzene rings is 1. The zero-order valence-corrected chi connectivity index (χ0v) is 11.6. The molecule has 0 aliphatic heterocycles. The SMILES string of the molecule is Cc1cc(Br)cnc1Oc1cc(F)c([N+](=O)[O-])cc1F. The van der Waals surface area contributed by atoms with Crippen LogP contribution < -0.4 is 4.74 Å². The van der Waals surface area contributed by atoms with E-state index in [-0.39, 0.29) is 5.88 Å². The molecule has 0 saturated heterocycles. The molecule has 20 heavy (non-hydrogen) atoms. The van der Waals surface area contributed by atoms with Gasteiger partial charge in [-0.1, -0.05) is 0 Å². The number of nitro benzene ring substituents is 1. The summed E-state index contributed by atoms with van der Waals surface area (Å²) in [5.41, 5.74) is -0.354. The van der Waals surface area contributed by atoms with Crippen molar-refractivity contribution in [3.63, 3.8) is 0 Å². The minimum Gasteiger partial charge on any atom is -0.436 e. The van der Waals surface area contributed by atoms with Gasteiger partial charge < -0.3 is 4.74 Å². The molecule has 104 valence electrons. The average Bonchev–Trinajstić information content (AvgIpc) is 2.36. The zero-order chi connectivity index (χ0) is 14.9. The van der Waals surface area contributed by atoms with Crippen LogP contribution in [0.15, 0.2) is 28.9 Å². The summed E-state index contributed by atoms with van der Waals surface area (Å²) in [5, 5.41) is 10.5. The minimum absolute atomic E-state index is 0.0837. The van der Waals surface area contributed by atoms with Gasteiger partial charge in [-0.3, -0.25) is 10.1 Å². The lowest BCUT2D eigenvalue weighted by Crippen LogP contribution is -1.98. The Morgan fingerprint density at radius 1 is 1.30 bits per heavy atom. The van der Waals surface area contributed by atoms with Gasteiger partial charge in [0.05, 0.1) is 11.0 Å². The second-order valence-electron chi connectivity index (χ2n) is 3.87. The highest BCUT2D eigenvalue weighted by molar-refractivity contribution is 9.10. The predicted octanol–water partition coefficient (Wildman–Crippen LogP) is 4.13. The Kier molecular flexibility index (Phi) is 3.93. The van der Waals surface area contributed by atoms with Crippen molar-refractivity contribution in [3.05, 3.63) is 56.2 Å². The van der Waals surface area contributed by atoms with Crippen LogP contribution in [0.1, 0.15) is 5.56 Å². The number of ether oxygens (including phenoxy) is 1. The fourth-order valence-corrected chi connectivity index (χ4v) is 1.92. The van der Waals surface area contributed by atoms with Gasteiger partial charge >= 0.3 is 5.69 Å². The van der Waals surface area contributed by atoms with Crippen molar-refractivity contribution in [2.75, 3.05) is 0 Å². The zero-order valence-electron chi connectivity index (χ0n) is 10.1. The first kappa shape index (κ1) is 14.3. The largest absolute Gasteiger partial charge is 0.436 e. The van der Waals surface area contributed by atoms with Crippen molar-refractivity contribution < 1.29 is 18.4 Å². The molecule has 5 nitrogen and oxygen atoms in total. The van der Waals surface area contributed by atoms with Gasteiger partial charge in [-0.15, -0.1) is 0 Å². The molecule has 0 amide bonds. The fourth-order valence-electron chi connectivity index (χ4n) is 1.48. The highest BCUT2D eigenvalue weighted by Gasteiger charge is 2.20. The molecule has 0 aliphatic rings. The molecule has 1 heterocycles. The summed E-state index contributed by atoms with van der Waals surface area (Å²) >= 11 is 3.21. The Labute approximate surface area is 120 Å². The fraction of sp³-hybridized carbons (Fsp3) is 0.0833. The van der Waals surface area contributed by atoms with E-state index in [9.17, 15) is 18.9 Å². The first-order chi connectivity index (χ1) is 9.38. The van der Waals surface area contributed by atoms with Crippen LogP contribution >= 0.6 is 15.9 Å². The Bertz CT molecular complexity index is 695. The summed E-state index contributed by atoms with van der Waals surface area (Å²) in [4.78, 5) is 13.4. The lowest BCUT2D eigenvalue weighted by molar-refractivity contribution is -0.387. The summed E-state index contributed by atoms with van der Waals surface area (Å²) < 4.78 is 32.9. The third-order valence-corrected chi connectivity index (χ3v) is 2.84. The first-order valence-electron chi connectivity index (χ1n) is 5.32. The Hall–Kier alpha value is -2.09. The molecule has 0 atom stereocenters. The molecule has 2 rings (SSSR count). The Morgan fingerprint density at radius 3 is 2.60 bits per heavy atom. The molecule has 0 bridgehead atoms. The van der Waals surface area contributed by atoms with E-state index in [1.807, 2.05) is 0 Å². The quantitative estimate of drug-likeness (QED) is 0.620. The maximum atomic E-state index is 13.7. The summed E-state index contributed by atoms with van der Waals surface area (Å²) in [5.74, 6) is -2.60. The molecule has 2 aromatic rings. The highest BCUT2D eigenvalue weighted by Crippen LogP contribution is 2.31. The van der Waals surface area contributed by atoms with E-state index in [1.165, 1.54) is 6.20 Å². The van der Waals surface area contributed by atoms with E-state index in [4.69, 9.17) is 4.74 Å². The number of halogens is 3. The lowest BCUT2D eigenvalue weighted by Gasteiger charge is -2.08. The molecular formula is C12H7BrF2N2O3. The third kappa shape index (κ3) is 2.90. The Morgan fingerprint density at radius 2 is 2.00 bits per heavy atom. The van der Waals surface area contributed by atoms with Crippen molar-refractivity contribution in [1.82, 2.24) is 4.98 Å². The number of hydrogen-bond donors (Lipinski definition) is 0. The Balaban J connectivity index is 2.39. The van der Waals surface area contributed by atoms with E-state index >= 15 is 0 Å². The third-order valence-electron chi connectivity index (χ3n) is 2.40. The summed E-state index contributed by atoms with van der Waals surface area (Å²) in [6.45, 7) is 1.67. The van der Waals surface area contributed by atoms with Crippen molar-refractivity contribution >= 4 is 21.6 Å². The number of pyridine rings is 1. The molecule has 0 radical (unpaired) electrons. The molecule has 1 aromatic carbocycles. The van der Waals surface area contributed by atoms with Crippen LogP contribution in [0.2, 0.25) is 0 Å². The van der Waals surface area contributed by atoms with Crippen molar-refractivity contribution in [3.8, 4) is 11.6 Å². The van der Waals surface area contributed by atoms with Crippen LogP contribution in [0.25, 0.3) is 0 Å². The van der Waals surface area contributed by atoms with Crippen molar-refractivity contribution in [1.29, 1.82) is 0 Å². The normalized spacial score (nSPS) is 10.4. The van der Waals surface area contributed by atoms with Gasteiger partial charge in [0.2, 0.25) is 11.7 Å². The second-order valence-corrected chi connectivity index (χ2v) is 4.78. The van der Waals surface area contributed by atoms with Crippen LogP contribution in [-0.2, 0) is 0 Å². The number of nitrogens with zero attached hydrogens (tertiary/aromatic N) is 2. The highest BCUT2D eigenvalue weighted by atomic mass is 79.9. The van der Waals surface area contributed by atoms with Crippen molar-refractivity contribution in [2.45, 2.75) is 6.92 Å². The maximum absolute atomic E-state index is 13.7. The standard InChI is InChI=1S/C12H7BrF2N2O3/c1-6-2-7(13)5-16-12(6)20-11-4-8(14)10(17(18)19)3-9(11)15/h2-5H,1H3. The first-order valence-corrected chi connectivity index (χ1v) is 6.11. The number of nitro groups is 1. The number of aryl methyl sites for hydroxylation is 1. The molecule has 0 N–H and O–H groups in total. The molecular weight excluding hydrogens is 338 g/mol. The minimum atomic E-state index is -1.18. The van der Waals surface area contributed by atoms with E-state index in [1.54, 1.807) is 13.0 Å². The van der Waals surface area contributed by atoms with Gasteiger partial charge in [0.1, 0.15) is 0 Å². The molecule has 0 unspecified atom stereocenters. The topological polar surface area (TPSA) is 65.3 Å². The van der Waals surface area contributed by atoms with Gasteiger partial charge in [0, 0.05) is 22.3 Å². The maximum Gasteiger partial charge on any atom is 0.307 e. The van der Waals surface area contributed by atoms with Gasteiger partial charge in [0.25, 0.3) is 0 Å². The molecule has 0 saturated carbocycles. The summed E-state index contributed by atoms with van der Waals surface area (Å²) in [6, 6.07) is 2.78. The molecule has 8 heteroatoms. The number of aromatic nitrogens is 1. The number of hydrogen-bond acceptors (Lipinski definition) is 4. The van der Waals surface area contributed by atoms with E-state index in [2.05, 4.69) is 20.9 Å². The van der Waals surface area contributed by atoms with Crippen LogP contribution in [0.4, 0.5) is 14.5 Å². The van der Waals surface area contributed by atoms with Gasteiger partial charge in [-0.2, -0.15) is 4.39 Å². The van der Waals surface area contributed by atoms with Gasteiger partial charge in [-0.25, -0.2) is 9.37 Å². The monoisotopic (exact) mass is 344 g/mol. The van der Waals surface area contributed by atoms with E-state index in [0.29, 0.717) is 22.2 Å². The van der Waals surface area contributed by atoms with Crippen LogP contribution in [0, 0.1) is 28.7 Å². The van der Waals surface area contributed by atoms with E-state index in [0.717, 1.165) is 0 Å². The average molecular weight is 345 g/mol. The van der Waals surface area contributed by atoms with Gasteiger partial charge in [-0.05, 0) is 28.9 Å². The molecule has 1 aromatic heterocycles. The summed E-state index contributed by atoms with van der Waals surface area (Å²) in [7, 11) is 0. The smallest absolute Gasteiger partial charge is 0.307 e. The van der Waals surface area contributed by atoms with Crippen LogP contribution in [-0.4, -0.2) is 9.91 Å². The summed E-state index contributed by atoms with van der Waals surface area (Å²) in [6.07, 6.45) is 1.43. The van der Waals surface area contributed by atoms with Crippen LogP contribution in [0.5, 0.6) is 11.6 Å². The predicted molar refractivity (Wildman–Crippen MR) is 69.8 cm³/mol. The molecule has 0 spiro atoms. The number of rotatable bonds is 3. The van der Waals surface area contributed by atoms with Crippen molar-refractivity contribution in [2.24, 2.45) is 0 Å².